The molecule has 0 radical (unpaired) electrons. The highest BCUT2D eigenvalue weighted by Crippen LogP contribution is 2.14. The van der Waals surface area contributed by atoms with Crippen molar-refractivity contribution in [1.29, 1.82) is 0 Å². The first-order valence-corrected chi connectivity index (χ1v) is 8.78. The summed E-state index contributed by atoms with van der Waals surface area (Å²) in [7, 11) is 0. The molecule has 0 aromatic heterocycles. The molecule has 1 aromatic rings. The van der Waals surface area contributed by atoms with Crippen molar-refractivity contribution in [2.45, 2.75) is 18.9 Å². The Morgan fingerprint density at radius 3 is 2.71 bits per heavy atom. The number of nitrogens with one attached hydrogen (secondary N) is 1. The number of carbonyl (C=O) groups excluding carboxylic acids is 1. The van der Waals surface area contributed by atoms with Gasteiger partial charge in [-0.3, -0.25) is 9.69 Å². The number of amides is 1. The van der Waals surface area contributed by atoms with E-state index in [1.807, 2.05) is 42.1 Å². The molecule has 4 nitrogen and oxygen atoms in total. The van der Waals surface area contributed by atoms with Gasteiger partial charge in [-0.05, 0) is 12.0 Å². The first kappa shape index (κ1) is 16.3. The van der Waals surface area contributed by atoms with Crippen molar-refractivity contribution in [2.75, 3.05) is 37.7 Å². The first-order chi connectivity index (χ1) is 10.3. The maximum absolute atomic E-state index is 11.8. The van der Waals surface area contributed by atoms with Crippen LogP contribution in [0.5, 0.6) is 0 Å². The quantitative estimate of drug-likeness (QED) is 0.804. The lowest BCUT2D eigenvalue weighted by atomic mass is 10.0. The maximum Gasteiger partial charge on any atom is 0.220 e. The number of nitrogens with two attached hydrogens (primary N) is 1. The predicted octanol–water partition coefficient (Wildman–Crippen LogP) is 1.63. The highest BCUT2D eigenvalue weighted by Gasteiger charge is 2.11. The highest BCUT2D eigenvalue weighted by atomic mass is 32.2. The van der Waals surface area contributed by atoms with Gasteiger partial charge >= 0.3 is 0 Å². The lowest BCUT2D eigenvalue weighted by Crippen LogP contribution is -2.39. The summed E-state index contributed by atoms with van der Waals surface area (Å²) in [5.74, 6) is 2.52. The lowest BCUT2D eigenvalue weighted by molar-refractivity contribution is -0.121. The van der Waals surface area contributed by atoms with Crippen LogP contribution in [0.1, 0.15) is 24.4 Å². The van der Waals surface area contributed by atoms with Crippen molar-refractivity contribution in [3.8, 4) is 0 Å². The Kier molecular flexibility index (Phi) is 7.06. The Bertz CT molecular complexity index is 421. The Hall–Kier alpha value is -1.04. The molecule has 116 valence electrons. The molecule has 1 aliphatic rings. The van der Waals surface area contributed by atoms with E-state index in [-0.39, 0.29) is 11.9 Å². The number of hydrogen-bond donors (Lipinski definition) is 2. The zero-order valence-corrected chi connectivity index (χ0v) is 13.3. The molecule has 2 rings (SSSR count). The third kappa shape index (κ3) is 6.08. The van der Waals surface area contributed by atoms with Crippen LogP contribution in [0.15, 0.2) is 30.3 Å². The molecule has 1 saturated heterocycles. The van der Waals surface area contributed by atoms with Crippen molar-refractivity contribution < 1.29 is 4.79 Å². The van der Waals surface area contributed by atoms with E-state index in [0.717, 1.165) is 31.7 Å². The predicted molar refractivity (Wildman–Crippen MR) is 89.4 cm³/mol. The van der Waals surface area contributed by atoms with Crippen molar-refractivity contribution in [1.82, 2.24) is 10.2 Å². The monoisotopic (exact) mass is 307 g/mol. The number of benzene rings is 1. The second-order valence-electron chi connectivity index (χ2n) is 5.36. The highest BCUT2D eigenvalue weighted by molar-refractivity contribution is 7.99. The Labute approximate surface area is 131 Å². The molecule has 0 saturated carbocycles. The van der Waals surface area contributed by atoms with Gasteiger partial charge in [0, 0.05) is 50.1 Å². The molecule has 1 amide bonds. The second-order valence-corrected chi connectivity index (χ2v) is 6.58. The standard InChI is InChI=1S/C16H25N3OS/c17-15(14-4-2-1-3-5-14)6-7-16(20)18-8-9-19-10-12-21-13-11-19/h1-5,15H,6-13,17H2,(H,18,20). The fourth-order valence-corrected chi connectivity index (χ4v) is 3.40. The normalized spacial score (nSPS) is 17.4. The number of thioether (sulfide) groups is 1. The third-order valence-electron chi connectivity index (χ3n) is 3.76. The van der Waals surface area contributed by atoms with Crippen molar-refractivity contribution >= 4 is 17.7 Å². The summed E-state index contributed by atoms with van der Waals surface area (Å²) in [6.45, 7) is 3.97. The minimum atomic E-state index is -0.0592. The van der Waals surface area contributed by atoms with Crippen LogP contribution >= 0.6 is 11.8 Å². The van der Waals surface area contributed by atoms with E-state index in [1.54, 1.807) is 0 Å². The van der Waals surface area contributed by atoms with Gasteiger partial charge < -0.3 is 11.1 Å². The number of carbonyl (C=O) groups is 1. The molecule has 0 aliphatic carbocycles. The molecular formula is C16H25N3OS. The number of nitrogens with zero attached hydrogens (tertiary/aromatic N) is 1. The van der Waals surface area contributed by atoms with Crippen LogP contribution in [-0.2, 0) is 4.79 Å². The zero-order chi connectivity index (χ0) is 14.9. The van der Waals surface area contributed by atoms with E-state index in [1.165, 1.54) is 11.5 Å². The molecular weight excluding hydrogens is 282 g/mol. The van der Waals surface area contributed by atoms with E-state index < -0.39 is 0 Å². The van der Waals surface area contributed by atoms with Gasteiger partial charge in [0.05, 0.1) is 0 Å². The molecule has 3 N–H and O–H groups in total. The van der Waals surface area contributed by atoms with Crippen LogP contribution < -0.4 is 11.1 Å². The largest absolute Gasteiger partial charge is 0.355 e. The van der Waals surface area contributed by atoms with Gasteiger partial charge in [0.2, 0.25) is 5.91 Å². The lowest BCUT2D eigenvalue weighted by Gasteiger charge is -2.26. The average molecular weight is 307 g/mol. The SMILES string of the molecule is NC(CCC(=O)NCCN1CCSCC1)c1ccccc1. The summed E-state index contributed by atoms with van der Waals surface area (Å²) < 4.78 is 0. The molecule has 0 spiro atoms. The van der Waals surface area contributed by atoms with E-state index in [0.29, 0.717) is 12.8 Å². The third-order valence-corrected chi connectivity index (χ3v) is 4.71. The fourth-order valence-electron chi connectivity index (χ4n) is 2.42. The van der Waals surface area contributed by atoms with E-state index >= 15 is 0 Å². The van der Waals surface area contributed by atoms with Crippen LogP contribution in [-0.4, -0.2) is 48.5 Å². The van der Waals surface area contributed by atoms with Crippen LogP contribution in [0.3, 0.4) is 0 Å². The molecule has 1 heterocycles. The summed E-state index contributed by atoms with van der Waals surface area (Å²) >= 11 is 2.00. The van der Waals surface area contributed by atoms with Gasteiger partial charge in [0.15, 0.2) is 0 Å². The fraction of sp³-hybridized carbons (Fsp3) is 0.562. The first-order valence-electron chi connectivity index (χ1n) is 7.63. The maximum atomic E-state index is 11.8. The van der Waals surface area contributed by atoms with E-state index in [9.17, 15) is 4.79 Å². The zero-order valence-electron chi connectivity index (χ0n) is 12.5. The van der Waals surface area contributed by atoms with Crippen LogP contribution in [0, 0.1) is 0 Å². The summed E-state index contributed by atoms with van der Waals surface area (Å²) in [5.41, 5.74) is 7.19. The average Bonchev–Trinajstić information content (AvgIpc) is 2.54. The van der Waals surface area contributed by atoms with Crippen LogP contribution in [0.4, 0.5) is 0 Å². The molecule has 1 atom stereocenters. The summed E-state index contributed by atoms with van der Waals surface area (Å²) in [4.78, 5) is 14.2. The van der Waals surface area contributed by atoms with Crippen molar-refractivity contribution in [3.05, 3.63) is 35.9 Å². The summed E-state index contributed by atoms with van der Waals surface area (Å²) in [5, 5.41) is 2.99. The van der Waals surface area contributed by atoms with E-state index in [2.05, 4.69) is 10.2 Å². The molecule has 1 aromatic carbocycles. The molecule has 1 aliphatic heterocycles. The van der Waals surface area contributed by atoms with Gasteiger partial charge in [-0.15, -0.1) is 0 Å². The number of rotatable bonds is 7. The molecule has 1 unspecified atom stereocenters. The van der Waals surface area contributed by atoms with Gasteiger partial charge in [0.1, 0.15) is 0 Å². The Morgan fingerprint density at radius 1 is 1.29 bits per heavy atom. The van der Waals surface area contributed by atoms with Crippen LogP contribution in [0.25, 0.3) is 0 Å². The number of hydrogen-bond acceptors (Lipinski definition) is 4. The van der Waals surface area contributed by atoms with Crippen molar-refractivity contribution in [2.24, 2.45) is 5.73 Å². The van der Waals surface area contributed by atoms with E-state index in [4.69, 9.17) is 5.73 Å². The van der Waals surface area contributed by atoms with Crippen molar-refractivity contribution in [3.63, 3.8) is 0 Å². The Balaban J connectivity index is 1.59. The smallest absolute Gasteiger partial charge is 0.220 e. The second kappa shape index (κ2) is 9.07. The Morgan fingerprint density at radius 2 is 2.00 bits per heavy atom. The topological polar surface area (TPSA) is 58.4 Å². The summed E-state index contributed by atoms with van der Waals surface area (Å²) in [6, 6.07) is 9.89. The minimum absolute atomic E-state index is 0.0592. The molecule has 1 fully saturated rings. The molecule has 21 heavy (non-hydrogen) atoms. The molecule has 0 bridgehead atoms. The van der Waals surface area contributed by atoms with Crippen LogP contribution in [0.2, 0.25) is 0 Å². The van der Waals surface area contributed by atoms with Gasteiger partial charge in [-0.25, -0.2) is 0 Å². The van der Waals surface area contributed by atoms with Gasteiger partial charge in [-0.1, -0.05) is 30.3 Å². The van der Waals surface area contributed by atoms with Gasteiger partial charge in [0.25, 0.3) is 0 Å². The molecule has 5 heteroatoms. The summed E-state index contributed by atoms with van der Waals surface area (Å²) in [6.07, 6.45) is 1.18. The van der Waals surface area contributed by atoms with Gasteiger partial charge in [-0.2, -0.15) is 11.8 Å². The minimum Gasteiger partial charge on any atom is -0.355 e.